The third-order valence-corrected chi connectivity index (χ3v) is 12.6. The van der Waals surface area contributed by atoms with Crippen molar-refractivity contribution in [3.8, 4) is 0 Å². The van der Waals surface area contributed by atoms with Gasteiger partial charge in [0.05, 0.1) is 66.5 Å². The summed E-state index contributed by atoms with van der Waals surface area (Å²) in [5, 5.41) is 41.7. The third kappa shape index (κ3) is 6.42. The van der Waals surface area contributed by atoms with Crippen molar-refractivity contribution in [2.75, 3.05) is 13.7 Å². The van der Waals surface area contributed by atoms with E-state index in [-0.39, 0.29) is 54.0 Å². The number of aliphatic hydroxyl groups is 3. The Kier molecular flexibility index (Phi) is 10.4. The number of ether oxygens (including phenoxy) is 6. The fourth-order valence-corrected chi connectivity index (χ4v) is 9.64. The molecule has 11 nitrogen and oxygen atoms in total. The molecule has 1 spiro atoms. The van der Waals surface area contributed by atoms with Crippen LogP contribution in [0.2, 0.25) is 0 Å². The molecule has 0 aliphatic carbocycles. The second-order valence-electron chi connectivity index (χ2n) is 16.2. The monoisotopic (exact) mass is 656 g/mol. The largest absolute Gasteiger partial charge is 0.481 e. The molecule has 4 N–H and O–H groups in total. The molecule has 5 fully saturated rings. The molecule has 0 bridgehead atoms. The Morgan fingerprint density at radius 3 is 2.30 bits per heavy atom. The summed E-state index contributed by atoms with van der Waals surface area (Å²) in [7, 11) is 1.52. The van der Waals surface area contributed by atoms with Crippen LogP contribution in [0.25, 0.3) is 0 Å². The second kappa shape index (κ2) is 13.1. The molecule has 0 saturated carbocycles. The van der Waals surface area contributed by atoms with Crippen LogP contribution in [0, 0.1) is 35.5 Å². The first kappa shape index (κ1) is 36.4. The second-order valence-corrected chi connectivity index (χ2v) is 16.2. The molecule has 5 aliphatic rings. The number of aliphatic hydroxyl groups excluding tert-OH is 2. The zero-order valence-electron chi connectivity index (χ0n) is 29.3. The van der Waals surface area contributed by atoms with Crippen LogP contribution in [-0.2, 0) is 33.2 Å². The van der Waals surface area contributed by atoms with Crippen molar-refractivity contribution < 1.29 is 53.6 Å². The number of methoxy groups -OCH3 is 1. The minimum Gasteiger partial charge on any atom is -0.481 e. The zero-order valence-corrected chi connectivity index (χ0v) is 29.3. The van der Waals surface area contributed by atoms with Crippen molar-refractivity contribution in [2.45, 2.75) is 166 Å². The summed E-state index contributed by atoms with van der Waals surface area (Å²) in [4.78, 5) is 11.8. The first-order valence-corrected chi connectivity index (χ1v) is 17.6. The maximum Gasteiger partial charge on any atom is 0.308 e. The minimum absolute atomic E-state index is 0.167. The van der Waals surface area contributed by atoms with E-state index in [1.54, 1.807) is 6.92 Å². The number of hydrogen-bond acceptors (Lipinski definition) is 10. The molecule has 0 aromatic heterocycles. The highest BCUT2D eigenvalue weighted by Crippen LogP contribution is 2.54. The van der Waals surface area contributed by atoms with Gasteiger partial charge in [-0.1, -0.05) is 34.6 Å². The van der Waals surface area contributed by atoms with E-state index in [0.29, 0.717) is 19.3 Å². The van der Waals surface area contributed by atoms with Gasteiger partial charge in [0.1, 0.15) is 0 Å². The molecule has 5 aliphatic heterocycles. The van der Waals surface area contributed by atoms with Gasteiger partial charge >= 0.3 is 5.97 Å². The van der Waals surface area contributed by atoms with E-state index in [1.807, 2.05) is 20.8 Å². The Morgan fingerprint density at radius 2 is 1.67 bits per heavy atom. The number of carboxylic acids is 1. The van der Waals surface area contributed by atoms with E-state index in [9.17, 15) is 25.2 Å². The van der Waals surface area contributed by atoms with Crippen LogP contribution < -0.4 is 0 Å². The Hall–Kier alpha value is -0.890. The topological polar surface area (TPSA) is 153 Å². The highest BCUT2D eigenvalue weighted by molar-refractivity contribution is 5.70. The van der Waals surface area contributed by atoms with Crippen LogP contribution in [-0.4, -0.2) is 106 Å². The molecule has 0 unspecified atom stereocenters. The van der Waals surface area contributed by atoms with Gasteiger partial charge < -0.3 is 48.8 Å². The van der Waals surface area contributed by atoms with E-state index in [4.69, 9.17) is 28.4 Å². The van der Waals surface area contributed by atoms with Crippen LogP contribution in [0.1, 0.15) is 100 Å². The molecule has 46 heavy (non-hydrogen) atoms. The minimum atomic E-state index is -1.56. The van der Waals surface area contributed by atoms with Crippen LogP contribution in [0.15, 0.2) is 0 Å². The van der Waals surface area contributed by atoms with Crippen molar-refractivity contribution in [1.82, 2.24) is 0 Å². The first-order valence-electron chi connectivity index (χ1n) is 17.6. The molecule has 17 atom stereocenters. The van der Waals surface area contributed by atoms with Crippen LogP contribution in [0.5, 0.6) is 0 Å². The van der Waals surface area contributed by atoms with Crippen molar-refractivity contribution in [3.05, 3.63) is 0 Å². The lowest BCUT2D eigenvalue weighted by Gasteiger charge is -2.48. The van der Waals surface area contributed by atoms with Crippen molar-refractivity contribution in [3.63, 3.8) is 0 Å². The van der Waals surface area contributed by atoms with E-state index in [2.05, 4.69) is 27.7 Å². The molecule has 266 valence electrons. The number of carbonyl (C=O) groups is 1. The van der Waals surface area contributed by atoms with Gasteiger partial charge in [0.25, 0.3) is 0 Å². The summed E-state index contributed by atoms with van der Waals surface area (Å²) >= 11 is 0. The van der Waals surface area contributed by atoms with Gasteiger partial charge in [-0.05, 0) is 64.7 Å². The average molecular weight is 657 g/mol. The smallest absolute Gasteiger partial charge is 0.308 e. The number of hydrogen-bond donors (Lipinski definition) is 4. The van der Waals surface area contributed by atoms with Gasteiger partial charge in [0.15, 0.2) is 11.6 Å². The predicted octanol–water partition coefficient (Wildman–Crippen LogP) is 3.88. The fraction of sp³-hybridized carbons (Fsp3) is 0.971. The maximum absolute atomic E-state index is 11.8. The molecule has 5 heterocycles. The molecule has 11 heteroatoms. The standard InChI is InChI=1S/C35H60O11/c1-18-14-20(3)35(40,17-36)45-27(18)25-15-19(2)30(42-25)33(8)11-10-26(43-33)32(7)12-13-34(46-32)16-24(37)21(4)29(44-34)22(5)28(41-9)23(6)31(38)39/h18-30,36-37,40H,10-17H2,1-9H3,(H,38,39)/t18-,19-,20+,21+,22+,23-,24-,25+,26+,27-,28+,29-,30+,32-,33-,34+,35-/m0/s1. The van der Waals surface area contributed by atoms with Crippen LogP contribution in [0.4, 0.5) is 0 Å². The predicted molar refractivity (Wildman–Crippen MR) is 168 cm³/mol. The molecular formula is C35H60O11. The lowest BCUT2D eigenvalue weighted by Crippen LogP contribution is -2.57. The number of aliphatic carboxylic acids is 1. The molecule has 0 radical (unpaired) electrons. The Balaban J connectivity index is 1.26. The van der Waals surface area contributed by atoms with Gasteiger partial charge in [0.2, 0.25) is 0 Å². The van der Waals surface area contributed by atoms with Crippen LogP contribution in [0.3, 0.4) is 0 Å². The molecule has 0 aromatic rings. The summed E-state index contributed by atoms with van der Waals surface area (Å²) in [5.41, 5.74) is -1.19. The van der Waals surface area contributed by atoms with Gasteiger partial charge in [-0.15, -0.1) is 0 Å². The lowest BCUT2D eigenvalue weighted by molar-refractivity contribution is -0.336. The molecular weight excluding hydrogens is 596 g/mol. The van der Waals surface area contributed by atoms with Gasteiger partial charge in [0, 0.05) is 37.7 Å². The van der Waals surface area contributed by atoms with Crippen molar-refractivity contribution in [2.24, 2.45) is 35.5 Å². The van der Waals surface area contributed by atoms with E-state index in [1.165, 1.54) is 7.11 Å². The summed E-state index contributed by atoms with van der Waals surface area (Å²) < 4.78 is 39.1. The molecule has 0 amide bonds. The highest BCUT2D eigenvalue weighted by Gasteiger charge is 2.61. The van der Waals surface area contributed by atoms with E-state index >= 15 is 0 Å². The normalized spacial score (nSPS) is 51.7. The third-order valence-electron chi connectivity index (χ3n) is 12.6. The zero-order chi connectivity index (χ0) is 34.0. The van der Waals surface area contributed by atoms with Gasteiger partial charge in [-0.3, -0.25) is 4.79 Å². The quantitative estimate of drug-likeness (QED) is 0.286. The maximum atomic E-state index is 11.8. The van der Waals surface area contributed by atoms with E-state index in [0.717, 1.165) is 25.7 Å². The molecule has 5 rings (SSSR count). The summed E-state index contributed by atoms with van der Waals surface area (Å²) in [6, 6.07) is 0. The summed E-state index contributed by atoms with van der Waals surface area (Å²) in [6.45, 7) is 15.5. The van der Waals surface area contributed by atoms with Crippen LogP contribution >= 0.6 is 0 Å². The average Bonchev–Trinajstić information content (AvgIpc) is 3.69. The SMILES string of the molecule is CO[C@H]([C@@H](C)[C@H]1O[C@@]2(CC[C@@](C)([C@H]3CC[C@@](C)([C@@H]4O[C@@H]([C@H]5O[C@@](O)(CO)[C@H](C)C[C@@H]5C)C[C@@H]4C)O3)O2)C[C@H](O)[C@H]1C)[C@H](C)C(=O)O. The van der Waals surface area contributed by atoms with Crippen molar-refractivity contribution >= 4 is 5.97 Å². The summed E-state index contributed by atoms with van der Waals surface area (Å²) in [5.74, 6) is -4.52. The van der Waals surface area contributed by atoms with Gasteiger partial charge in [-0.25, -0.2) is 0 Å². The fourth-order valence-electron chi connectivity index (χ4n) is 9.64. The lowest BCUT2D eigenvalue weighted by atomic mass is 9.78. The van der Waals surface area contributed by atoms with Gasteiger partial charge in [-0.2, -0.15) is 0 Å². The van der Waals surface area contributed by atoms with Crippen molar-refractivity contribution in [1.29, 1.82) is 0 Å². The number of carboxylic acid groups (broad SMARTS) is 1. The Bertz CT molecular complexity index is 1090. The van der Waals surface area contributed by atoms with E-state index < -0.39 is 59.6 Å². The highest BCUT2D eigenvalue weighted by atomic mass is 16.7. The first-order chi connectivity index (χ1) is 21.4. The Labute approximate surface area is 274 Å². The Morgan fingerprint density at radius 1 is 0.978 bits per heavy atom. The molecule has 5 saturated heterocycles. The molecule has 0 aromatic carbocycles. The number of rotatable bonds is 9. The summed E-state index contributed by atoms with van der Waals surface area (Å²) in [6.07, 6.45) is 2.15.